The van der Waals surface area contributed by atoms with E-state index in [9.17, 15) is 0 Å². The molecule has 0 aliphatic heterocycles. The quantitative estimate of drug-likeness (QED) is 0.730. The van der Waals surface area contributed by atoms with Crippen LogP contribution in [-0.4, -0.2) is 5.11 Å². The minimum absolute atomic E-state index is 0.298. The van der Waals surface area contributed by atoms with Gasteiger partial charge in [-0.1, -0.05) is 24.3 Å². The largest absolute Gasteiger partial charge is 0.508 e. The number of hydrogen-bond acceptors (Lipinski definition) is 2. The van der Waals surface area contributed by atoms with Crippen LogP contribution in [0, 0.1) is 0 Å². The van der Waals surface area contributed by atoms with E-state index in [1.165, 1.54) is 11.1 Å². The third-order valence-electron chi connectivity index (χ3n) is 2.30. The van der Waals surface area contributed by atoms with Gasteiger partial charge in [0.25, 0.3) is 0 Å². The van der Waals surface area contributed by atoms with Crippen LogP contribution in [0.5, 0.6) is 5.75 Å². The molecule has 0 fully saturated rings. The highest BCUT2D eigenvalue weighted by Gasteiger charge is 1.96. The zero-order valence-corrected chi connectivity index (χ0v) is 8.35. The summed E-state index contributed by atoms with van der Waals surface area (Å²) in [5.41, 5.74) is 8.83. The summed E-state index contributed by atoms with van der Waals surface area (Å²) in [6.45, 7) is 0. The van der Waals surface area contributed by atoms with Gasteiger partial charge in [0.05, 0.1) is 0 Å². The van der Waals surface area contributed by atoms with E-state index in [2.05, 4.69) is 0 Å². The van der Waals surface area contributed by atoms with Crippen molar-refractivity contribution in [3.63, 3.8) is 0 Å². The standard InChI is InChI=1S/C13H13NO/c14-12-3-1-2-11(9-12)8-10-4-6-13(15)7-5-10/h1-7,9,15H,8,14H2. The fourth-order valence-corrected chi connectivity index (χ4v) is 1.55. The maximum Gasteiger partial charge on any atom is 0.115 e. The Kier molecular flexibility index (Phi) is 2.59. The summed E-state index contributed by atoms with van der Waals surface area (Å²) in [6.07, 6.45) is 0.839. The summed E-state index contributed by atoms with van der Waals surface area (Å²) < 4.78 is 0. The van der Waals surface area contributed by atoms with Crippen molar-refractivity contribution in [3.05, 3.63) is 59.7 Å². The molecule has 0 aliphatic carbocycles. The monoisotopic (exact) mass is 199 g/mol. The maximum atomic E-state index is 9.15. The van der Waals surface area contributed by atoms with Crippen molar-refractivity contribution in [1.29, 1.82) is 0 Å². The van der Waals surface area contributed by atoms with Crippen molar-refractivity contribution in [2.24, 2.45) is 0 Å². The molecule has 0 heterocycles. The molecular formula is C13H13NO. The number of hydrogen-bond donors (Lipinski definition) is 2. The Bertz CT molecular complexity index is 448. The summed E-state index contributed by atoms with van der Waals surface area (Å²) in [5.74, 6) is 0.298. The molecule has 2 heteroatoms. The summed E-state index contributed by atoms with van der Waals surface area (Å²) in [6, 6.07) is 15.1. The number of benzene rings is 2. The topological polar surface area (TPSA) is 46.2 Å². The lowest BCUT2D eigenvalue weighted by Crippen LogP contribution is -1.90. The third-order valence-corrected chi connectivity index (χ3v) is 2.30. The molecular weight excluding hydrogens is 186 g/mol. The van der Waals surface area contributed by atoms with Gasteiger partial charge in [0, 0.05) is 5.69 Å². The first kappa shape index (κ1) is 9.59. The van der Waals surface area contributed by atoms with E-state index in [1.807, 2.05) is 36.4 Å². The van der Waals surface area contributed by atoms with E-state index in [-0.39, 0.29) is 0 Å². The molecule has 0 aromatic heterocycles. The molecule has 0 saturated carbocycles. The lowest BCUT2D eigenvalue weighted by molar-refractivity contribution is 0.475. The average Bonchev–Trinajstić information content (AvgIpc) is 2.22. The van der Waals surface area contributed by atoms with Crippen LogP contribution in [-0.2, 0) is 6.42 Å². The van der Waals surface area contributed by atoms with Gasteiger partial charge in [-0.05, 0) is 41.8 Å². The second kappa shape index (κ2) is 4.05. The van der Waals surface area contributed by atoms with Crippen LogP contribution in [0.4, 0.5) is 5.69 Å². The normalized spacial score (nSPS) is 10.1. The van der Waals surface area contributed by atoms with Crippen molar-refractivity contribution in [3.8, 4) is 5.75 Å². The van der Waals surface area contributed by atoms with E-state index < -0.39 is 0 Å². The van der Waals surface area contributed by atoms with Crippen LogP contribution < -0.4 is 5.73 Å². The SMILES string of the molecule is Nc1cccc(Cc2ccc(O)cc2)c1. The summed E-state index contributed by atoms with van der Waals surface area (Å²) in [7, 11) is 0. The van der Waals surface area contributed by atoms with Gasteiger partial charge in [-0.3, -0.25) is 0 Å². The van der Waals surface area contributed by atoms with Crippen LogP contribution in [0.25, 0.3) is 0 Å². The Morgan fingerprint density at radius 1 is 0.933 bits per heavy atom. The highest BCUT2D eigenvalue weighted by atomic mass is 16.3. The van der Waals surface area contributed by atoms with Gasteiger partial charge in [0.1, 0.15) is 5.75 Å². The molecule has 3 N–H and O–H groups in total. The number of phenolic OH excluding ortho intramolecular Hbond substituents is 1. The number of rotatable bonds is 2. The first-order chi connectivity index (χ1) is 7.24. The Labute approximate surface area is 89.0 Å². The molecule has 15 heavy (non-hydrogen) atoms. The van der Waals surface area contributed by atoms with Gasteiger partial charge in [0.15, 0.2) is 0 Å². The third kappa shape index (κ3) is 2.50. The predicted octanol–water partition coefficient (Wildman–Crippen LogP) is 2.57. The molecule has 2 aromatic rings. The molecule has 0 unspecified atom stereocenters. The van der Waals surface area contributed by atoms with Crippen LogP contribution in [0.1, 0.15) is 11.1 Å². The van der Waals surface area contributed by atoms with Gasteiger partial charge < -0.3 is 10.8 Å². The lowest BCUT2D eigenvalue weighted by Gasteiger charge is -2.03. The van der Waals surface area contributed by atoms with E-state index in [0.717, 1.165) is 12.1 Å². The van der Waals surface area contributed by atoms with Crippen molar-refractivity contribution in [2.45, 2.75) is 6.42 Å². The first-order valence-corrected chi connectivity index (χ1v) is 4.86. The van der Waals surface area contributed by atoms with Crippen molar-refractivity contribution in [1.82, 2.24) is 0 Å². The highest BCUT2D eigenvalue weighted by molar-refractivity contribution is 5.42. The minimum Gasteiger partial charge on any atom is -0.508 e. The van der Waals surface area contributed by atoms with Gasteiger partial charge in [-0.15, -0.1) is 0 Å². The van der Waals surface area contributed by atoms with Crippen molar-refractivity contribution >= 4 is 5.69 Å². The zero-order chi connectivity index (χ0) is 10.7. The Hall–Kier alpha value is -1.96. The molecule has 0 radical (unpaired) electrons. The fourth-order valence-electron chi connectivity index (χ4n) is 1.55. The Morgan fingerprint density at radius 3 is 2.33 bits per heavy atom. The van der Waals surface area contributed by atoms with Gasteiger partial charge in [0.2, 0.25) is 0 Å². The fraction of sp³-hybridized carbons (Fsp3) is 0.0769. The second-order valence-electron chi connectivity index (χ2n) is 3.59. The van der Waals surface area contributed by atoms with E-state index in [0.29, 0.717) is 5.75 Å². The Balaban J connectivity index is 2.18. The molecule has 2 aromatic carbocycles. The van der Waals surface area contributed by atoms with Crippen LogP contribution in [0.2, 0.25) is 0 Å². The number of nitrogen functional groups attached to an aromatic ring is 1. The molecule has 0 spiro atoms. The Morgan fingerprint density at radius 2 is 1.67 bits per heavy atom. The first-order valence-electron chi connectivity index (χ1n) is 4.86. The molecule has 76 valence electrons. The summed E-state index contributed by atoms with van der Waals surface area (Å²) >= 11 is 0. The smallest absolute Gasteiger partial charge is 0.115 e. The van der Waals surface area contributed by atoms with E-state index >= 15 is 0 Å². The molecule has 0 aliphatic rings. The van der Waals surface area contributed by atoms with E-state index in [4.69, 9.17) is 10.8 Å². The zero-order valence-electron chi connectivity index (χ0n) is 8.35. The van der Waals surface area contributed by atoms with Crippen molar-refractivity contribution in [2.75, 3.05) is 5.73 Å². The number of nitrogens with two attached hydrogens (primary N) is 1. The van der Waals surface area contributed by atoms with Crippen LogP contribution in [0.15, 0.2) is 48.5 Å². The summed E-state index contributed by atoms with van der Waals surface area (Å²) in [5, 5.41) is 9.15. The van der Waals surface area contributed by atoms with Gasteiger partial charge in [-0.25, -0.2) is 0 Å². The maximum absolute atomic E-state index is 9.15. The molecule has 2 rings (SSSR count). The summed E-state index contributed by atoms with van der Waals surface area (Å²) in [4.78, 5) is 0. The van der Waals surface area contributed by atoms with Crippen LogP contribution >= 0.6 is 0 Å². The van der Waals surface area contributed by atoms with Gasteiger partial charge in [-0.2, -0.15) is 0 Å². The predicted molar refractivity (Wildman–Crippen MR) is 61.8 cm³/mol. The lowest BCUT2D eigenvalue weighted by atomic mass is 10.0. The minimum atomic E-state index is 0.298. The van der Waals surface area contributed by atoms with Crippen LogP contribution in [0.3, 0.4) is 0 Å². The van der Waals surface area contributed by atoms with E-state index in [1.54, 1.807) is 12.1 Å². The molecule has 0 amide bonds. The molecule has 0 saturated heterocycles. The second-order valence-corrected chi connectivity index (χ2v) is 3.59. The van der Waals surface area contributed by atoms with Crippen molar-refractivity contribution < 1.29 is 5.11 Å². The highest BCUT2D eigenvalue weighted by Crippen LogP contribution is 2.15. The average molecular weight is 199 g/mol. The number of aromatic hydroxyl groups is 1. The molecule has 0 bridgehead atoms. The number of anilines is 1. The number of phenols is 1. The van der Waals surface area contributed by atoms with Gasteiger partial charge >= 0.3 is 0 Å². The molecule has 2 nitrogen and oxygen atoms in total. The molecule has 0 atom stereocenters.